The lowest BCUT2D eigenvalue weighted by Crippen LogP contribution is -2.28. The summed E-state index contributed by atoms with van der Waals surface area (Å²) in [6.07, 6.45) is 6.10. The molecule has 0 spiro atoms. The number of nitrogens with zero attached hydrogens (tertiary/aromatic N) is 3. The molecular formula is C13H22N4O. The number of anilines is 1. The van der Waals surface area contributed by atoms with E-state index >= 15 is 0 Å². The lowest BCUT2D eigenvalue weighted by Gasteiger charge is -2.22. The third kappa shape index (κ3) is 3.40. The largest absolute Gasteiger partial charge is 0.381 e. The Balaban J connectivity index is 1.95. The molecule has 1 aromatic rings. The second-order valence-electron chi connectivity index (χ2n) is 4.73. The van der Waals surface area contributed by atoms with E-state index in [4.69, 9.17) is 4.74 Å². The minimum Gasteiger partial charge on any atom is -0.381 e. The summed E-state index contributed by atoms with van der Waals surface area (Å²) in [4.78, 5) is 11.0. The number of likely N-dealkylation sites (N-methyl/N-ethyl adjacent to an activating group) is 2. The van der Waals surface area contributed by atoms with Crippen LogP contribution in [0.1, 0.15) is 24.3 Å². The number of nitrogens with one attached hydrogen (secondary N) is 1. The highest BCUT2D eigenvalue weighted by atomic mass is 16.5. The molecule has 0 unspecified atom stereocenters. The van der Waals surface area contributed by atoms with Gasteiger partial charge >= 0.3 is 0 Å². The minimum absolute atomic E-state index is 0.565. The van der Waals surface area contributed by atoms with Crippen molar-refractivity contribution in [2.75, 3.05) is 45.3 Å². The maximum Gasteiger partial charge on any atom is 0.225 e. The second-order valence-corrected chi connectivity index (χ2v) is 4.73. The Bertz CT molecular complexity index is 349. The van der Waals surface area contributed by atoms with Gasteiger partial charge < -0.3 is 15.0 Å². The fourth-order valence-electron chi connectivity index (χ4n) is 2.15. The van der Waals surface area contributed by atoms with Crippen molar-refractivity contribution in [2.45, 2.75) is 18.8 Å². The summed E-state index contributed by atoms with van der Waals surface area (Å²) in [6, 6.07) is 0. The van der Waals surface area contributed by atoms with Gasteiger partial charge in [0.25, 0.3) is 0 Å². The predicted molar refractivity (Wildman–Crippen MR) is 72.0 cm³/mol. The predicted octanol–water partition coefficient (Wildman–Crippen LogP) is 1.03. The number of hydrogen-bond acceptors (Lipinski definition) is 5. The molecule has 0 amide bonds. The fraction of sp³-hybridized carbons (Fsp3) is 0.692. The van der Waals surface area contributed by atoms with E-state index in [0.29, 0.717) is 5.92 Å². The summed E-state index contributed by atoms with van der Waals surface area (Å²) in [5.74, 6) is 1.36. The van der Waals surface area contributed by atoms with Gasteiger partial charge in [-0.25, -0.2) is 9.97 Å². The second kappa shape index (κ2) is 6.66. The van der Waals surface area contributed by atoms with Gasteiger partial charge in [-0.1, -0.05) is 0 Å². The molecule has 5 nitrogen and oxygen atoms in total. The monoisotopic (exact) mass is 250 g/mol. The Kier molecular flexibility index (Phi) is 4.90. The van der Waals surface area contributed by atoms with Crippen molar-refractivity contribution in [3.05, 3.63) is 18.0 Å². The SMILES string of the molecule is CNCCN(C)c1ncc(C2CCOCC2)cn1. The first-order chi connectivity index (χ1) is 8.81. The molecule has 1 saturated heterocycles. The number of rotatable bonds is 5. The number of ether oxygens (including phenoxy) is 1. The van der Waals surface area contributed by atoms with Crippen molar-refractivity contribution in [1.29, 1.82) is 0 Å². The number of aromatic nitrogens is 2. The van der Waals surface area contributed by atoms with Crippen LogP contribution in [-0.4, -0.2) is 50.4 Å². The fourth-order valence-corrected chi connectivity index (χ4v) is 2.15. The van der Waals surface area contributed by atoms with Crippen LogP contribution in [0, 0.1) is 0 Å². The molecule has 1 fully saturated rings. The molecule has 0 saturated carbocycles. The van der Waals surface area contributed by atoms with Crippen LogP contribution in [0.3, 0.4) is 0 Å². The van der Waals surface area contributed by atoms with Gasteiger partial charge in [-0.05, 0) is 31.4 Å². The normalized spacial score (nSPS) is 16.8. The summed E-state index contributed by atoms with van der Waals surface area (Å²) < 4.78 is 5.37. The van der Waals surface area contributed by atoms with E-state index in [1.807, 2.05) is 26.5 Å². The Morgan fingerprint density at radius 2 is 2.00 bits per heavy atom. The van der Waals surface area contributed by atoms with E-state index in [0.717, 1.165) is 45.1 Å². The van der Waals surface area contributed by atoms with Crippen molar-refractivity contribution in [2.24, 2.45) is 0 Å². The molecule has 1 aliphatic rings. The molecule has 5 heteroatoms. The smallest absolute Gasteiger partial charge is 0.225 e. The molecule has 0 aliphatic carbocycles. The third-order valence-electron chi connectivity index (χ3n) is 3.39. The van der Waals surface area contributed by atoms with E-state index in [2.05, 4.69) is 20.2 Å². The van der Waals surface area contributed by atoms with Gasteiger partial charge in [0.2, 0.25) is 5.95 Å². The Hall–Kier alpha value is -1.20. The molecule has 100 valence electrons. The standard InChI is InChI=1S/C13H22N4O/c1-14-5-6-17(2)13-15-9-12(10-16-13)11-3-7-18-8-4-11/h9-11,14H,3-8H2,1-2H3. The molecule has 0 bridgehead atoms. The zero-order valence-electron chi connectivity index (χ0n) is 11.2. The highest BCUT2D eigenvalue weighted by Gasteiger charge is 2.16. The maximum absolute atomic E-state index is 5.37. The zero-order chi connectivity index (χ0) is 12.8. The molecular weight excluding hydrogens is 228 g/mol. The Morgan fingerprint density at radius 1 is 1.33 bits per heavy atom. The Labute approximate surface area is 109 Å². The maximum atomic E-state index is 5.37. The van der Waals surface area contributed by atoms with Gasteiger partial charge in [-0.3, -0.25) is 0 Å². The summed E-state index contributed by atoms with van der Waals surface area (Å²) in [6.45, 7) is 3.55. The van der Waals surface area contributed by atoms with E-state index in [9.17, 15) is 0 Å². The lowest BCUT2D eigenvalue weighted by atomic mass is 9.94. The molecule has 0 atom stereocenters. The van der Waals surface area contributed by atoms with Gasteiger partial charge in [0, 0.05) is 45.7 Å². The minimum atomic E-state index is 0.565. The summed E-state index contributed by atoms with van der Waals surface area (Å²) in [7, 11) is 3.96. The van der Waals surface area contributed by atoms with Gasteiger partial charge in [-0.15, -0.1) is 0 Å². The zero-order valence-corrected chi connectivity index (χ0v) is 11.2. The highest BCUT2D eigenvalue weighted by Crippen LogP contribution is 2.26. The van der Waals surface area contributed by atoms with E-state index in [-0.39, 0.29) is 0 Å². The van der Waals surface area contributed by atoms with E-state index in [1.54, 1.807) is 0 Å². The molecule has 0 aromatic carbocycles. The topological polar surface area (TPSA) is 50.3 Å². The molecule has 0 radical (unpaired) electrons. The summed E-state index contributed by atoms with van der Waals surface area (Å²) in [5.41, 5.74) is 1.24. The van der Waals surface area contributed by atoms with Gasteiger partial charge in [0.1, 0.15) is 0 Å². The van der Waals surface area contributed by atoms with Crippen LogP contribution >= 0.6 is 0 Å². The van der Waals surface area contributed by atoms with Crippen LogP contribution in [0.25, 0.3) is 0 Å². The van der Waals surface area contributed by atoms with Crippen molar-refractivity contribution < 1.29 is 4.74 Å². The van der Waals surface area contributed by atoms with Crippen LogP contribution in [0.4, 0.5) is 5.95 Å². The van der Waals surface area contributed by atoms with E-state index < -0.39 is 0 Å². The average Bonchev–Trinajstić information content (AvgIpc) is 2.46. The first-order valence-corrected chi connectivity index (χ1v) is 6.56. The molecule has 1 aromatic heterocycles. The van der Waals surface area contributed by atoms with Crippen molar-refractivity contribution in [3.8, 4) is 0 Å². The molecule has 1 aliphatic heterocycles. The first kappa shape index (κ1) is 13.2. The third-order valence-corrected chi connectivity index (χ3v) is 3.39. The average molecular weight is 250 g/mol. The van der Waals surface area contributed by atoms with E-state index in [1.165, 1.54) is 5.56 Å². The molecule has 2 rings (SSSR count). The van der Waals surface area contributed by atoms with Crippen LogP contribution < -0.4 is 10.2 Å². The van der Waals surface area contributed by atoms with Crippen LogP contribution in [-0.2, 0) is 4.74 Å². The van der Waals surface area contributed by atoms with Crippen LogP contribution in [0.2, 0.25) is 0 Å². The van der Waals surface area contributed by atoms with Crippen LogP contribution in [0.5, 0.6) is 0 Å². The first-order valence-electron chi connectivity index (χ1n) is 6.56. The lowest BCUT2D eigenvalue weighted by molar-refractivity contribution is 0.0852. The number of hydrogen-bond donors (Lipinski definition) is 1. The highest BCUT2D eigenvalue weighted by molar-refractivity contribution is 5.29. The summed E-state index contributed by atoms with van der Waals surface area (Å²) >= 11 is 0. The Morgan fingerprint density at radius 3 is 2.61 bits per heavy atom. The van der Waals surface area contributed by atoms with Crippen LogP contribution in [0.15, 0.2) is 12.4 Å². The van der Waals surface area contributed by atoms with Gasteiger partial charge in [0.05, 0.1) is 0 Å². The van der Waals surface area contributed by atoms with Crippen molar-refractivity contribution in [3.63, 3.8) is 0 Å². The quantitative estimate of drug-likeness (QED) is 0.845. The van der Waals surface area contributed by atoms with Crippen molar-refractivity contribution >= 4 is 5.95 Å². The summed E-state index contributed by atoms with van der Waals surface area (Å²) in [5, 5.41) is 3.12. The van der Waals surface area contributed by atoms with Gasteiger partial charge in [0.15, 0.2) is 0 Å². The molecule has 18 heavy (non-hydrogen) atoms. The molecule has 2 heterocycles. The molecule has 1 N–H and O–H groups in total. The van der Waals surface area contributed by atoms with Gasteiger partial charge in [-0.2, -0.15) is 0 Å². The van der Waals surface area contributed by atoms with Crippen molar-refractivity contribution in [1.82, 2.24) is 15.3 Å².